The molecule has 0 aliphatic rings. The summed E-state index contributed by atoms with van der Waals surface area (Å²) in [5.41, 5.74) is 4.38. The quantitative estimate of drug-likeness (QED) is 0.627. The van der Waals surface area contributed by atoms with E-state index >= 15 is 0 Å². The summed E-state index contributed by atoms with van der Waals surface area (Å²) in [5.74, 6) is -0.281. The highest BCUT2D eigenvalue weighted by Crippen LogP contribution is 2.34. The molecule has 0 aliphatic carbocycles. The molecule has 0 radical (unpaired) electrons. The van der Waals surface area contributed by atoms with E-state index in [2.05, 4.69) is 20.9 Å². The molecule has 3 aromatic rings. The topological polar surface area (TPSA) is 30.0 Å². The molecule has 1 heterocycles. The molecule has 2 aromatic carbocycles. The summed E-state index contributed by atoms with van der Waals surface area (Å²) >= 11 is 3.48. The van der Waals surface area contributed by atoms with E-state index in [1.54, 1.807) is 12.1 Å². The van der Waals surface area contributed by atoms with Crippen LogP contribution in [-0.2, 0) is 11.2 Å². The van der Waals surface area contributed by atoms with Gasteiger partial charge in [-0.2, -0.15) is 0 Å². The highest BCUT2D eigenvalue weighted by molar-refractivity contribution is 9.10. The number of hydrogen-bond acceptors (Lipinski definition) is 2. The van der Waals surface area contributed by atoms with Gasteiger partial charge in [0.1, 0.15) is 12.1 Å². The Bertz CT molecular complexity index is 859. The first-order chi connectivity index (χ1) is 10.6. The van der Waals surface area contributed by atoms with Gasteiger partial charge in [0.05, 0.1) is 5.52 Å². The summed E-state index contributed by atoms with van der Waals surface area (Å²) in [4.78, 5) is 15.7. The number of nitrogens with zero attached hydrogens (tertiary/aromatic N) is 1. The van der Waals surface area contributed by atoms with Crippen LogP contribution in [0.2, 0.25) is 0 Å². The number of rotatable bonds is 3. The van der Waals surface area contributed by atoms with E-state index in [4.69, 9.17) is 0 Å². The van der Waals surface area contributed by atoms with Crippen molar-refractivity contribution >= 4 is 33.1 Å². The van der Waals surface area contributed by atoms with Crippen LogP contribution >= 0.6 is 15.9 Å². The second-order valence-electron chi connectivity index (χ2n) is 5.09. The van der Waals surface area contributed by atoms with Crippen molar-refractivity contribution in [3.8, 4) is 11.1 Å². The largest absolute Gasteiger partial charge is 0.303 e. The summed E-state index contributed by atoms with van der Waals surface area (Å²) in [6.45, 7) is 1.90. The molecule has 0 spiro atoms. The lowest BCUT2D eigenvalue weighted by molar-refractivity contribution is -0.107. The fourth-order valence-electron chi connectivity index (χ4n) is 2.68. The van der Waals surface area contributed by atoms with Crippen LogP contribution in [0, 0.1) is 12.7 Å². The normalized spacial score (nSPS) is 10.9. The SMILES string of the molecule is Cc1nc2ccc(Br)cc2c(-c2ccc(F)cc2)c1CC=O. The van der Waals surface area contributed by atoms with Gasteiger partial charge in [0.25, 0.3) is 0 Å². The zero-order valence-electron chi connectivity index (χ0n) is 11.9. The van der Waals surface area contributed by atoms with E-state index in [9.17, 15) is 9.18 Å². The smallest absolute Gasteiger partial charge is 0.124 e. The van der Waals surface area contributed by atoms with Crippen molar-refractivity contribution in [2.24, 2.45) is 0 Å². The molecule has 0 atom stereocenters. The average Bonchev–Trinajstić information content (AvgIpc) is 2.50. The molecule has 22 heavy (non-hydrogen) atoms. The van der Waals surface area contributed by atoms with Crippen molar-refractivity contribution in [3.63, 3.8) is 0 Å². The van der Waals surface area contributed by atoms with Crippen LogP contribution in [0.25, 0.3) is 22.0 Å². The highest BCUT2D eigenvalue weighted by atomic mass is 79.9. The highest BCUT2D eigenvalue weighted by Gasteiger charge is 2.14. The number of carbonyl (C=O) groups excluding carboxylic acids is 1. The molecule has 0 bridgehead atoms. The second kappa shape index (κ2) is 5.97. The number of fused-ring (bicyclic) bond motifs is 1. The van der Waals surface area contributed by atoms with Crippen molar-refractivity contribution in [2.75, 3.05) is 0 Å². The Morgan fingerprint density at radius 2 is 1.91 bits per heavy atom. The van der Waals surface area contributed by atoms with E-state index in [1.165, 1.54) is 12.1 Å². The molecule has 2 nitrogen and oxygen atoms in total. The van der Waals surface area contributed by atoms with E-state index in [0.29, 0.717) is 0 Å². The summed E-state index contributed by atoms with van der Waals surface area (Å²) in [7, 11) is 0. The van der Waals surface area contributed by atoms with Gasteiger partial charge in [0, 0.05) is 22.0 Å². The first-order valence-corrected chi connectivity index (χ1v) is 7.68. The molecule has 4 heteroatoms. The van der Waals surface area contributed by atoms with Crippen molar-refractivity contribution in [2.45, 2.75) is 13.3 Å². The molecule has 0 unspecified atom stereocenters. The molecule has 3 rings (SSSR count). The van der Waals surface area contributed by atoms with Crippen LogP contribution in [0.3, 0.4) is 0 Å². The maximum absolute atomic E-state index is 13.2. The van der Waals surface area contributed by atoms with E-state index in [-0.39, 0.29) is 12.2 Å². The van der Waals surface area contributed by atoms with Gasteiger partial charge < -0.3 is 4.79 Å². The second-order valence-corrected chi connectivity index (χ2v) is 6.01. The Kier molecular flexibility index (Phi) is 4.03. The van der Waals surface area contributed by atoms with Crippen LogP contribution < -0.4 is 0 Å². The Morgan fingerprint density at radius 3 is 2.59 bits per heavy atom. The lowest BCUT2D eigenvalue weighted by Crippen LogP contribution is -2.00. The Morgan fingerprint density at radius 1 is 1.18 bits per heavy atom. The predicted molar refractivity (Wildman–Crippen MR) is 89.3 cm³/mol. The van der Waals surface area contributed by atoms with E-state index in [1.807, 2.05) is 25.1 Å². The van der Waals surface area contributed by atoms with Crippen molar-refractivity contribution in [1.82, 2.24) is 4.98 Å². The minimum absolute atomic E-state index is 0.281. The van der Waals surface area contributed by atoms with Crippen LogP contribution in [0.15, 0.2) is 46.9 Å². The summed E-state index contributed by atoms with van der Waals surface area (Å²) in [5, 5.41) is 0.948. The van der Waals surface area contributed by atoms with Crippen molar-refractivity contribution < 1.29 is 9.18 Å². The summed E-state index contributed by atoms with van der Waals surface area (Å²) < 4.78 is 14.2. The number of aromatic nitrogens is 1. The Labute approximate surface area is 136 Å². The van der Waals surface area contributed by atoms with Crippen LogP contribution in [0.1, 0.15) is 11.3 Å². The maximum Gasteiger partial charge on any atom is 0.124 e. The van der Waals surface area contributed by atoms with Gasteiger partial charge in [0.2, 0.25) is 0 Å². The zero-order valence-corrected chi connectivity index (χ0v) is 13.5. The minimum atomic E-state index is -0.281. The number of halogens is 2. The third-order valence-electron chi connectivity index (χ3n) is 3.67. The molecule has 0 N–H and O–H groups in total. The molecule has 0 aliphatic heterocycles. The Hall–Kier alpha value is -2.07. The van der Waals surface area contributed by atoms with Gasteiger partial charge >= 0.3 is 0 Å². The zero-order chi connectivity index (χ0) is 15.7. The lowest BCUT2D eigenvalue weighted by Gasteiger charge is -2.14. The molecule has 0 amide bonds. The lowest BCUT2D eigenvalue weighted by atomic mass is 9.93. The molecular formula is C18H13BrFNO. The van der Waals surface area contributed by atoms with E-state index < -0.39 is 0 Å². The predicted octanol–water partition coefficient (Wildman–Crippen LogP) is 4.85. The molecule has 0 fully saturated rings. The standard InChI is InChI=1S/C18H13BrFNO/c1-11-15(8-9-22)18(12-2-5-14(20)6-3-12)16-10-13(19)4-7-17(16)21-11/h2-7,9-10H,8H2,1H3. The number of hydrogen-bond donors (Lipinski definition) is 0. The van der Waals surface area contributed by atoms with Gasteiger partial charge in [-0.25, -0.2) is 4.39 Å². The first kappa shape index (κ1) is 14.9. The fourth-order valence-corrected chi connectivity index (χ4v) is 3.04. The van der Waals surface area contributed by atoms with Gasteiger partial charge in [-0.1, -0.05) is 28.1 Å². The molecule has 0 saturated carbocycles. The first-order valence-electron chi connectivity index (χ1n) is 6.88. The summed E-state index contributed by atoms with van der Waals surface area (Å²) in [6.07, 6.45) is 1.16. The maximum atomic E-state index is 13.2. The van der Waals surface area contributed by atoms with Gasteiger partial charge in [-0.3, -0.25) is 4.98 Å². The average molecular weight is 358 g/mol. The molecular weight excluding hydrogens is 345 g/mol. The van der Waals surface area contributed by atoms with E-state index in [0.717, 1.165) is 44.0 Å². The van der Waals surface area contributed by atoms with Crippen LogP contribution in [-0.4, -0.2) is 11.3 Å². The number of aryl methyl sites for hydroxylation is 1. The number of benzene rings is 2. The minimum Gasteiger partial charge on any atom is -0.303 e. The third kappa shape index (κ3) is 2.66. The number of aldehydes is 1. The third-order valence-corrected chi connectivity index (χ3v) is 4.17. The van der Waals surface area contributed by atoms with Gasteiger partial charge in [-0.15, -0.1) is 0 Å². The molecule has 0 saturated heterocycles. The fraction of sp³-hybridized carbons (Fsp3) is 0.111. The summed E-state index contributed by atoms with van der Waals surface area (Å²) in [6, 6.07) is 12.2. The Balaban J connectivity index is 2.41. The van der Waals surface area contributed by atoms with Gasteiger partial charge in [-0.05, 0) is 53.9 Å². The van der Waals surface area contributed by atoms with Crippen LogP contribution in [0.5, 0.6) is 0 Å². The van der Waals surface area contributed by atoms with Crippen molar-refractivity contribution in [3.05, 3.63) is 64.0 Å². The van der Waals surface area contributed by atoms with Gasteiger partial charge in [0.15, 0.2) is 0 Å². The van der Waals surface area contributed by atoms with Crippen LogP contribution in [0.4, 0.5) is 4.39 Å². The molecule has 1 aromatic heterocycles. The monoisotopic (exact) mass is 357 g/mol. The number of carbonyl (C=O) groups is 1. The molecule has 110 valence electrons. The number of pyridine rings is 1. The van der Waals surface area contributed by atoms with Crippen molar-refractivity contribution in [1.29, 1.82) is 0 Å².